The Bertz CT molecular complexity index is 444. The van der Waals surface area contributed by atoms with Crippen molar-refractivity contribution in [3.8, 4) is 0 Å². The minimum atomic E-state index is -1.13. The summed E-state index contributed by atoms with van der Waals surface area (Å²) >= 11 is 5.81. The number of halogens is 1. The molecule has 0 aliphatic heterocycles. The average molecular weight is 241 g/mol. The number of carboxylic acid groups (broad SMARTS) is 1. The van der Waals surface area contributed by atoms with Crippen LogP contribution in [-0.4, -0.2) is 17.4 Å². The number of aldehydes is 1. The highest BCUT2D eigenvalue weighted by Gasteiger charge is 2.20. The number of benzene rings is 1. The lowest BCUT2D eigenvalue weighted by atomic mass is 9.85. The molecule has 0 radical (unpaired) electrons. The standard InChI is InChI=1S/C12H13ClO3/c1-12(2,3)8-4-7(6-14)10(13)9(5-8)11(15)16/h4-6H,1-3H3,(H,15,16). The Morgan fingerprint density at radius 1 is 1.38 bits per heavy atom. The third kappa shape index (κ3) is 2.42. The Kier molecular flexibility index (Phi) is 3.38. The molecule has 4 heteroatoms. The number of carbonyl (C=O) groups excluding carboxylic acids is 1. The number of hydrogen-bond acceptors (Lipinski definition) is 2. The van der Waals surface area contributed by atoms with Gasteiger partial charge in [0.15, 0.2) is 6.29 Å². The lowest BCUT2D eigenvalue weighted by Crippen LogP contribution is -2.14. The van der Waals surface area contributed by atoms with Crippen molar-refractivity contribution in [1.29, 1.82) is 0 Å². The van der Waals surface area contributed by atoms with Crippen molar-refractivity contribution in [2.75, 3.05) is 0 Å². The van der Waals surface area contributed by atoms with Gasteiger partial charge in [0, 0.05) is 5.56 Å². The van der Waals surface area contributed by atoms with Gasteiger partial charge in [0.2, 0.25) is 0 Å². The highest BCUT2D eigenvalue weighted by Crippen LogP contribution is 2.29. The fourth-order valence-electron chi connectivity index (χ4n) is 1.32. The maximum atomic E-state index is 11.0. The molecule has 0 heterocycles. The fraction of sp³-hybridized carbons (Fsp3) is 0.333. The van der Waals surface area contributed by atoms with E-state index in [1.54, 1.807) is 6.07 Å². The van der Waals surface area contributed by atoms with Gasteiger partial charge in [0.25, 0.3) is 0 Å². The molecular weight excluding hydrogens is 228 g/mol. The monoisotopic (exact) mass is 240 g/mol. The van der Waals surface area contributed by atoms with Crippen LogP contribution < -0.4 is 0 Å². The highest BCUT2D eigenvalue weighted by molar-refractivity contribution is 6.35. The van der Waals surface area contributed by atoms with E-state index in [0.29, 0.717) is 6.29 Å². The summed E-state index contributed by atoms with van der Waals surface area (Å²) < 4.78 is 0. The van der Waals surface area contributed by atoms with Crippen molar-refractivity contribution in [1.82, 2.24) is 0 Å². The Morgan fingerprint density at radius 2 is 1.94 bits per heavy atom. The molecule has 0 spiro atoms. The van der Waals surface area contributed by atoms with Gasteiger partial charge < -0.3 is 5.11 Å². The Hall–Kier alpha value is -1.35. The number of hydrogen-bond donors (Lipinski definition) is 1. The molecule has 1 aromatic carbocycles. The number of aromatic carboxylic acids is 1. The molecule has 0 aliphatic carbocycles. The molecule has 0 aliphatic rings. The van der Waals surface area contributed by atoms with Gasteiger partial charge in [-0.05, 0) is 23.1 Å². The largest absolute Gasteiger partial charge is 0.478 e. The molecule has 3 nitrogen and oxygen atoms in total. The van der Waals surface area contributed by atoms with Crippen molar-refractivity contribution in [3.63, 3.8) is 0 Å². The van der Waals surface area contributed by atoms with Crippen LogP contribution in [-0.2, 0) is 5.41 Å². The van der Waals surface area contributed by atoms with E-state index in [4.69, 9.17) is 16.7 Å². The first-order valence-electron chi connectivity index (χ1n) is 4.80. The zero-order chi connectivity index (χ0) is 12.5. The maximum absolute atomic E-state index is 11.0. The van der Waals surface area contributed by atoms with Gasteiger partial charge in [0.1, 0.15) is 0 Å². The second kappa shape index (κ2) is 4.26. The molecule has 0 unspecified atom stereocenters. The summed E-state index contributed by atoms with van der Waals surface area (Å²) in [4.78, 5) is 21.8. The fourth-order valence-corrected chi connectivity index (χ4v) is 1.56. The average Bonchev–Trinajstić information content (AvgIpc) is 2.15. The summed E-state index contributed by atoms with van der Waals surface area (Å²) in [7, 11) is 0. The third-order valence-corrected chi connectivity index (χ3v) is 2.75. The SMILES string of the molecule is CC(C)(C)c1cc(C=O)c(Cl)c(C(=O)O)c1. The molecule has 0 amide bonds. The van der Waals surface area contributed by atoms with Gasteiger partial charge in [-0.25, -0.2) is 4.79 Å². The van der Waals surface area contributed by atoms with Crippen molar-refractivity contribution in [3.05, 3.63) is 33.8 Å². The lowest BCUT2D eigenvalue weighted by Gasteiger charge is -2.20. The highest BCUT2D eigenvalue weighted by atomic mass is 35.5. The molecule has 16 heavy (non-hydrogen) atoms. The second-order valence-corrected chi connectivity index (χ2v) is 4.98. The lowest BCUT2D eigenvalue weighted by molar-refractivity contribution is 0.0697. The zero-order valence-corrected chi connectivity index (χ0v) is 10.1. The van der Waals surface area contributed by atoms with E-state index < -0.39 is 5.97 Å². The molecule has 1 aromatic rings. The minimum Gasteiger partial charge on any atom is -0.478 e. The van der Waals surface area contributed by atoms with Gasteiger partial charge in [-0.2, -0.15) is 0 Å². The van der Waals surface area contributed by atoms with E-state index in [-0.39, 0.29) is 21.6 Å². The third-order valence-electron chi connectivity index (χ3n) is 2.32. The molecule has 86 valence electrons. The second-order valence-electron chi connectivity index (χ2n) is 4.60. The van der Waals surface area contributed by atoms with Gasteiger partial charge in [0.05, 0.1) is 10.6 Å². The van der Waals surface area contributed by atoms with Gasteiger partial charge >= 0.3 is 5.97 Å². The van der Waals surface area contributed by atoms with Crippen LogP contribution in [0.3, 0.4) is 0 Å². The Morgan fingerprint density at radius 3 is 2.31 bits per heavy atom. The van der Waals surface area contributed by atoms with Gasteiger partial charge in [-0.3, -0.25) is 4.79 Å². The van der Waals surface area contributed by atoms with E-state index >= 15 is 0 Å². The maximum Gasteiger partial charge on any atom is 0.337 e. The molecule has 0 aromatic heterocycles. The van der Waals surface area contributed by atoms with E-state index in [9.17, 15) is 9.59 Å². The predicted molar refractivity (Wildman–Crippen MR) is 62.5 cm³/mol. The van der Waals surface area contributed by atoms with Gasteiger partial charge in [-0.15, -0.1) is 0 Å². The van der Waals surface area contributed by atoms with E-state index in [0.717, 1.165) is 5.56 Å². The van der Waals surface area contributed by atoms with Crippen LogP contribution in [0.5, 0.6) is 0 Å². The quantitative estimate of drug-likeness (QED) is 0.808. The smallest absolute Gasteiger partial charge is 0.337 e. The molecule has 0 atom stereocenters. The molecule has 0 fully saturated rings. The van der Waals surface area contributed by atoms with Crippen LogP contribution in [0.15, 0.2) is 12.1 Å². The van der Waals surface area contributed by atoms with Crippen molar-refractivity contribution >= 4 is 23.9 Å². The zero-order valence-electron chi connectivity index (χ0n) is 9.37. The molecule has 1 N–H and O–H groups in total. The van der Waals surface area contributed by atoms with Crippen LogP contribution in [0.2, 0.25) is 5.02 Å². The predicted octanol–water partition coefficient (Wildman–Crippen LogP) is 3.15. The van der Waals surface area contributed by atoms with Crippen molar-refractivity contribution in [2.24, 2.45) is 0 Å². The Balaban J connectivity index is 3.52. The van der Waals surface area contributed by atoms with E-state index in [2.05, 4.69) is 0 Å². The first kappa shape index (κ1) is 12.7. The molecule has 0 saturated heterocycles. The van der Waals surface area contributed by atoms with Crippen LogP contribution in [0.1, 0.15) is 47.1 Å². The summed E-state index contributed by atoms with van der Waals surface area (Å²) in [6, 6.07) is 3.14. The van der Waals surface area contributed by atoms with Crippen molar-refractivity contribution in [2.45, 2.75) is 26.2 Å². The first-order valence-corrected chi connectivity index (χ1v) is 5.17. The van der Waals surface area contributed by atoms with Crippen molar-refractivity contribution < 1.29 is 14.7 Å². The van der Waals surface area contributed by atoms with Crippen LogP contribution in [0.25, 0.3) is 0 Å². The number of rotatable bonds is 2. The Labute approximate surface area is 99.0 Å². The van der Waals surface area contributed by atoms with Crippen LogP contribution in [0.4, 0.5) is 0 Å². The topological polar surface area (TPSA) is 54.4 Å². The van der Waals surface area contributed by atoms with E-state index in [1.807, 2.05) is 20.8 Å². The molecule has 1 rings (SSSR count). The van der Waals surface area contributed by atoms with Crippen LogP contribution in [0, 0.1) is 0 Å². The summed E-state index contributed by atoms with van der Waals surface area (Å²) in [5.41, 5.74) is 0.728. The minimum absolute atomic E-state index is 0.00417. The molecular formula is C12H13ClO3. The normalized spacial score (nSPS) is 11.2. The van der Waals surface area contributed by atoms with E-state index in [1.165, 1.54) is 6.07 Å². The molecule has 0 saturated carbocycles. The van der Waals surface area contributed by atoms with Crippen LogP contribution >= 0.6 is 11.6 Å². The molecule has 0 bridgehead atoms. The number of carbonyl (C=O) groups is 2. The summed E-state index contributed by atoms with van der Waals surface area (Å²) in [6.07, 6.45) is 0.573. The summed E-state index contributed by atoms with van der Waals surface area (Å²) in [6.45, 7) is 5.82. The summed E-state index contributed by atoms with van der Waals surface area (Å²) in [5, 5.41) is 8.97. The summed E-state index contributed by atoms with van der Waals surface area (Å²) in [5.74, 6) is -1.13. The van der Waals surface area contributed by atoms with Gasteiger partial charge in [-0.1, -0.05) is 32.4 Å². The first-order chi connectivity index (χ1) is 7.27. The number of carboxylic acids is 1.